The predicted molar refractivity (Wildman–Crippen MR) is 115 cm³/mol. The van der Waals surface area contributed by atoms with Crippen LogP contribution in [-0.4, -0.2) is 84.9 Å². The number of nitrogens with zero attached hydrogens (tertiary/aromatic N) is 2. The molecular weight excluding hydrogens is 396 g/mol. The van der Waals surface area contributed by atoms with Crippen LogP contribution in [0.25, 0.3) is 0 Å². The number of carbonyl (C=O) groups is 2. The first-order valence-electron chi connectivity index (χ1n) is 11.2. The van der Waals surface area contributed by atoms with Crippen molar-refractivity contribution < 1.29 is 19.4 Å². The number of likely N-dealkylation sites (tertiary alicyclic amines) is 1. The lowest BCUT2D eigenvalue weighted by molar-refractivity contribution is -0.180. The van der Waals surface area contributed by atoms with Gasteiger partial charge in [0, 0.05) is 24.5 Å². The molecule has 0 aromatic heterocycles. The third kappa shape index (κ3) is 2.84. The highest BCUT2D eigenvalue weighted by Crippen LogP contribution is 2.60. The second-order valence-electron chi connectivity index (χ2n) is 10.0. The molecule has 2 aliphatic carbocycles. The summed E-state index contributed by atoms with van der Waals surface area (Å²) < 4.78 is 5.52. The van der Waals surface area contributed by atoms with E-state index in [1.54, 1.807) is 7.11 Å². The van der Waals surface area contributed by atoms with Gasteiger partial charge >= 0.3 is 6.03 Å². The molecular formula is C23H32N4O4. The maximum atomic E-state index is 12.9. The van der Waals surface area contributed by atoms with Crippen molar-refractivity contribution in [2.45, 2.75) is 54.7 Å². The average molecular weight is 429 g/mol. The smallest absolute Gasteiger partial charge is 0.322 e. The molecule has 3 fully saturated rings. The molecule has 8 heteroatoms. The Morgan fingerprint density at radius 2 is 2.06 bits per heavy atom. The highest BCUT2D eigenvalue weighted by atomic mass is 16.5. The van der Waals surface area contributed by atoms with Crippen molar-refractivity contribution in [1.82, 2.24) is 20.4 Å². The number of benzene rings is 1. The highest BCUT2D eigenvalue weighted by Gasteiger charge is 2.69. The van der Waals surface area contributed by atoms with Gasteiger partial charge in [-0.1, -0.05) is 6.07 Å². The Bertz CT molecular complexity index is 936. The Kier molecular flexibility index (Phi) is 4.63. The fourth-order valence-corrected chi connectivity index (χ4v) is 6.68. The van der Waals surface area contributed by atoms with Gasteiger partial charge in [0.1, 0.15) is 11.3 Å². The van der Waals surface area contributed by atoms with Crippen molar-refractivity contribution in [3.63, 3.8) is 0 Å². The normalized spacial score (nSPS) is 36.7. The number of urea groups is 1. The molecule has 2 saturated heterocycles. The summed E-state index contributed by atoms with van der Waals surface area (Å²) in [5.41, 5.74) is -0.257. The van der Waals surface area contributed by atoms with E-state index in [1.165, 1.54) is 5.56 Å². The van der Waals surface area contributed by atoms with Crippen LogP contribution in [0.5, 0.6) is 5.75 Å². The number of aliphatic hydroxyl groups is 1. The maximum Gasteiger partial charge on any atom is 0.322 e. The zero-order chi connectivity index (χ0) is 22.0. The first-order chi connectivity index (χ1) is 14.7. The second-order valence-corrected chi connectivity index (χ2v) is 10.0. The minimum absolute atomic E-state index is 0.0142. The minimum atomic E-state index is -0.963. The van der Waals surface area contributed by atoms with Crippen molar-refractivity contribution >= 4 is 11.9 Å². The summed E-state index contributed by atoms with van der Waals surface area (Å²) >= 11 is 0. The zero-order valence-electron chi connectivity index (χ0n) is 18.5. The van der Waals surface area contributed by atoms with Gasteiger partial charge in [0.25, 0.3) is 5.91 Å². The molecule has 2 aliphatic heterocycles. The fraction of sp³-hybridized carbons (Fsp3) is 0.652. The predicted octanol–water partition coefficient (Wildman–Crippen LogP) is 0.618. The molecule has 1 spiro atoms. The fourth-order valence-electron chi connectivity index (χ4n) is 6.68. The van der Waals surface area contributed by atoms with Gasteiger partial charge in [0.2, 0.25) is 0 Å². The van der Waals surface area contributed by atoms with Gasteiger partial charge in [-0.2, -0.15) is 0 Å². The van der Waals surface area contributed by atoms with E-state index in [0.717, 1.165) is 43.8 Å². The molecule has 4 atom stereocenters. The Morgan fingerprint density at radius 3 is 2.74 bits per heavy atom. The van der Waals surface area contributed by atoms with Gasteiger partial charge in [-0.3, -0.25) is 15.0 Å². The largest absolute Gasteiger partial charge is 0.497 e. The number of carbonyl (C=O) groups excluding carboxylic acids is 2. The van der Waals surface area contributed by atoms with E-state index in [1.807, 2.05) is 12.1 Å². The molecule has 31 heavy (non-hydrogen) atoms. The summed E-state index contributed by atoms with van der Waals surface area (Å²) in [5, 5.41) is 17.7. The molecule has 168 valence electrons. The number of nitrogens with one attached hydrogen (secondary N) is 2. The third-order valence-electron chi connectivity index (χ3n) is 8.28. The summed E-state index contributed by atoms with van der Waals surface area (Å²) in [7, 11) is 5.78. The molecule has 3 amide bonds. The number of imide groups is 1. The molecule has 0 radical (unpaired) electrons. The van der Waals surface area contributed by atoms with Crippen LogP contribution < -0.4 is 15.4 Å². The molecule has 5 rings (SSSR count). The summed E-state index contributed by atoms with van der Waals surface area (Å²) in [5.74, 6) is 0.485. The lowest BCUT2D eigenvalue weighted by Gasteiger charge is -2.65. The van der Waals surface area contributed by atoms with Gasteiger partial charge in [-0.05, 0) is 76.0 Å². The van der Waals surface area contributed by atoms with E-state index in [9.17, 15) is 14.7 Å². The molecule has 2 bridgehead atoms. The van der Waals surface area contributed by atoms with Crippen LogP contribution in [0.1, 0.15) is 36.8 Å². The highest BCUT2D eigenvalue weighted by molar-refractivity contribution is 6.07. The van der Waals surface area contributed by atoms with Crippen LogP contribution in [0, 0.1) is 0 Å². The van der Waals surface area contributed by atoms with Crippen molar-refractivity contribution in [2.75, 3.05) is 40.8 Å². The second kappa shape index (κ2) is 6.92. The van der Waals surface area contributed by atoms with Crippen molar-refractivity contribution in [3.05, 3.63) is 29.3 Å². The molecule has 2 heterocycles. The molecule has 1 saturated carbocycles. The van der Waals surface area contributed by atoms with Gasteiger partial charge in [-0.25, -0.2) is 4.79 Å². The number of ether oxygens (including phenoxy) is 1. The number of piperidine rings is 1. The van der Waals surface area contributed by atoms with Crippen LogP contribution in [0.15, 0.2) is 18.2 Å². The maximum absolute atomic E-state index is 12.9. The third-order valence-corrected chi connectivity index (χ3v) is 8.28. The molecule has 4 aliphatic rings. The Morgan fingerprint density at radius 1 is 1.26 bits per heavy atom. The van der Waals surface area contributed by atoms with E-state index < -0.39 is 22.6 Å². The summed E-state index contributed by atoms with van der Waals surface area (Å²) in [4.78, 5) is 29.5. The topological polar surface area (TPSA) is 94.1 Å². The van der Waals surface area contributed by atoms with E-state index >= 15 is 0 Å². The van der Waals surface area contributed by atoms with E-state index in [0.29, 0.717) is 19.3 Å². The minimum Gasteiger partial charge on any atom is -0.497 e. The molecule has 1 aromatic rings. The van der Waals surface area contributed by atoms with Crippen molar-refractivity contribution in [2.24, 2.45) is 0 Å². The van der Waals surface area contributed by atoms with Crippen LogP contribution in [0.3, 0.4) is 0 Å². The van der Waals surface area contributed by atoms with Crippen molar-refractivity contribution in [1.29, 1.82) is 0 Å². The Hall–Kier alpha value is -2.16. The Balaban J connectivity index is 1.62. The first kappa shape index (κ1) is 20.7. The summed E-state index contributed by atoms with van der Waals surface area (Å²) in [6.45, 7) is 2.67. The van der Waals surface area contributed by atoms with Gasteiger partial charge in [-0.15, -0.1) is 0 Å². The van der Waals surface area contributed by atoms with Gasteiger partial charge < -0.3 is 20.1 Å². The Labute approximate surface area is 182 Å². The lowest BCUT2D eigenvalue weighted by Crippen LogP contribution is -2.76. The van der Waals surface area contributed by atoms with Gasteiger partial charge in [0.05, 0.1) is 12.7 Å². The van der Waals surface area contributed by atoms with E-state index in [-0.39, 0.29) is 11.9 Å². The SMILES string of the molecule is COc1ccc2c(c1)[C@]13CCN(CCN(C)C)[C@H](C2)[C@]1(O)CC[C@@]1(C3)NC(=O)NC1=O. The zero-order valence-corrected chi connectivity index (χ0v) is 18.5. The standard InChI is InChI=1S/C23H32N4O4/c1-26(2)10-11-27-9-8-21-14-22(19(28)24-20(29)25-22)6-7-23(21,30)18(27)12-15-4-5-16(31-3)13-17(15)21/h4-5,13,18,30H,6-12,14H2,1-3H3,(H2,24,25,28,29)/t18-,21-,22+,23-/m1/s1. The monoisotopic (exact) mass is 428 g/mol. The van der Waals surface area contributed by atoms with Crippen LogP contribution in [0.4, 0.5) is 4.79 Å². The molecule has 8 nitrogen and oxygen atoms in total. The number of methoxy groups -OCH3 is 1. The van der Waals surface area contributed by atoms with Crippen LogP contribution >= 0.6 is 0 Å². The lowest BCUT2D eigenvalue weighted by atomic mass is 9.46. The molecule has 1 aromatic carbocycles. The number of hydrogen-bond donors (Lipinski definition) is 3. The number of likely N-dealkylation sites (N-methyl/N-ethyl adjacent to an activating group) is 1. The number of amides is 3. The number of rotatable bonds is 4. The average Bonchev–Trinajstić information content (AvgIpc) is 3.00. The number of fused-ring (bicyclic) bond motifs is 1. The molecule has 3 N–H and O–H groups in total. The summed E-state index contributed by atoms with van der Waals surface area (Å²) in [6.07, 6.45) is 2.84. The quantitative estimate of drug-likeness (QED) is 0.609. The van der Waals surface area contributed by atoms with Crippen LogP contribution in [-0.2, 0) is 16.6 Å². The van der Waals surface area contributed by atoms with Crippen LogP contribution in [0.2, 0.25) is 0 Å². The first-order valence-corrected chi connectivity index (χ1v) is 11.2. The van der Waals surface area contributed by atoms with Crippen molar-refractivity contribution in [3.8, 4) is 5.75 Å². The van der Waals surface area contributed by atoms with Gasteiger partial charge in [0.15, 0.2) is 0 Å². The summed E-state index contributed by atoms with van der Waals surface area (Å²) in [6, 6.07) is 5.67. The number of hydrogen-bond acceptors (Lipinski definition) is 6. The van der Waals surface area contributed by atoms with E-state index in [4.69, 9.17) is 4.74 Å². The van der Waals surface area contributed by atoms with E-state index in [2.05, 4.69) is 40.6 Å². The molecule has 0 unspecified atom stereocenters.